The Labute approximate surface area is 232 Å². The number of nitrogens with one attached hydrogen (secondary N) is 1. The van der Waals surface area contributed by atoms with E-state index in [1.54, 1.807) is 42.3 Å². The summed E-state index contributed by atoms with van der Waals surface area (Å²) in [7, 11) is 1.59. The lowest BCUT2D eigenvalue weighted by Crippen LogP contribution is -2.24. The van der Waals surface area contributed by atoms with Gasteiger partial charge < -0.3 is 14.2 Å². The summed E-state index contributed by atoms with van der Waals surface area (Å²) in [6.45, 7) is 0.312. The predicted octanol–water partition coefficient (Wildman–Crippen LogP) is 5.66. The van der Waals surface area contributed by atoms with Crippen molar-refractivity contribution < 1.29 is 19.0 Å². The second-order valence-electron chi connectivity index (χ2n) is 8.77. The smallest absolute Gasteiger partial charge is 0.277 e. The molecule has 1 amide bonds. The average Bonchev–Trinajstić information content (AvgIpc) is 3.44. The summed E-state index contributed by atoms with van der Waals surface area (Å²) in [4.78, 5) is 12.3. The zero-order valence-corrected chi connectivity index (χ0v) is 21.9. The minimum absolute atomic E-state index is 0.176. The van der Waals surface area contributed by atoms with Gasteiger partial charge in [0.15, 0.2) is 6.61 Å². The summed E-state index contributed by atoms with van der Waals surface area (Å²) >= 11 is 0. The number of carbonyl (C=O) groups is 1. The van der Waals surface area contributed by atoms with Gasteiger partial charge in [-0.1, -0.05) is 48.5 Å². The SMILES string of the molecule is COc1ccc(OCC(=O)N/N=C/c2cn(-c3ccccc3)nc2-c2ccc(OCc3ccccc3)cc2)cc1. The molecule has 5 rings (SSSR count). The number of methoxy groups -OCH3 is 1. The number of hydrogen-bond donors (Lipinski definition) is 1. The van der Waals surface area contributed by atoms with Crippen molar-refractivity contribution in [1.82, 2.24) is 15.2 Å². The highest BCUT2D eigenvalue weighted by atomic mass is 16.5. The van der Waals surface area contributed by atoms with Crippen LogP contribution in [0.5, 0.6) is 17.2 Å². The second-order valence-corrected chi connectivity index (χ2v) is 8.77. The van der Waals surface area contributed by atoms with Gasteiger partial charge in [-0.2, -0.15) is 10.2 Å². The monoisotopic (exact) mass is 532 g/mol. The molecule has 0 aliphatic heterocycles. The van der Waals surface area contributed by atoms with E-state index < -0.39 is 0 Å². The molecule has 8 heteroatoms. The number of nitrogens with zero attached hydrogens (tertiary/aromatic N) is 3. The molecule has 0 unspecified atom stereocenters. The van der Waals surface area contributed by atoms with Crippen molar-refractivity contribution in [2.75, 3.05) is 13.7 Å². The molecule has 0 saturated heterocycles. The highest BCUT2D eigenvalue weighted by molar-refractivity contribution is 5.89. The molecular formula is C32H28N4O4. The first-order valence-corrected chi connectivity index (χ1v) is 12.7. The van der Waals surface area contributed by atoms with Gasteiger partial charge >= 0.3 is 0 Å². The summed E-state index contributed by atoms with van der Waals surface area (Å²) in [5.41, 5.74) is 6.86. The molecule has 0 aliphatic carbocycles. The fourth-order valence-corrected chi connectivity index (χ4v) is 3.90. The van der Waals surface area contributed by atoms with Crippen molar-refractivity contribution >= 4 is 12.1 Å². The van der Waals surface area contributed by atoms with Crippen LogP contribution >= 0.6 is 0 Å². The van der Waals surface area contributed by atoms with Crippen LogP contribution < -0.4 is 19.6 Å². The number of benzene rings is 4. The van der Waals surface area contributed by atoms with Gasteiger partial charge in [0.05, 0.1) is 19.0 Å². The minimum Gasteiger partial charge on any atom is -0.497 e. The maximum absolute atomic E-state index is 12.3. The van der Waals surface area contributed by atoms with E-state index in [0.717, 1.165) is 28.1 Å². The van der Waals surface area contributed by atoms with E-state index in [0.29, 0.717) is 23.8 Å². The van der Waals surface area contributed by atoms with E-state index in [9.17, 15) is 4.79 Å². The first kappa shape index (κ1) is 26.2. The van der Waals surface area contributed by atoms with E-state index in [1.807, 2.05) is 91.1 Å². The van der Waals surface area contributed by atoms with Gasteiger partial charge in [-0.15, -0.1) is 0 Å². The summed E-state index contributed by atoms with van der Waals surface area (Å²) in [5, 5.41) is 8.95. The predicted molar refractivity (Wildman–Crippen MR) is 154 cm³/mol. The maximum atomic E-state index is 12.3. The maximum Gasteiger partial charge on any atom is 0.277 e. The molecular weight excluding hydrogens is 504 g/mol. The van der Waals surface area contributed by atoms with Gasteiger partial charge in [0.25, 0.3) is 5.91 Å². The van der Waals surface area contributed by atoms with Gasteiger partial charge in [-0.3, -0.25) is 4.79 Å². The van der Waals surface area contributed by atoms with Crippen LogP contribution in [-0.2, 0) is 11.4 Å². The molecule has 5 aromatic rings. The van der Waals surface area contributed by atoms with Crippen molar-refractivity contribution in [3.8, 4) is 34.2 Å². The molecule has 200 valence electrons. The fraction of sp³-hybridized carbons (Fsp3) is 0.0938. The zero-order valence-electron chi connectivity index (χ0n) is 21.9. The molecule has 1 heterocycles. The Hall–Kier alpha value is -5.37. The Morgan fingerprint density at radius 3 is 2.15 bits per heavy atom. The van der Waals surface area contributed by atoms with Crippen LogP contribution in [-0.4, -0.2) is 35.6 Å². The third-order valence-corrected chi connectivity index (χ3v) is 5.96. The summed E-state index contributed by atoms with van der Waals surface area (Å²) < 4.78 is 18.4. The number of amides is 1. The largest absolute Gasteiger partial charge is 0.497 e. The molecule has 0 atom stereocenters. The third kappa shape index (κ3) is 6.93. The molecule has 0 saturated carbocycles. The summed E-state index contributed by atoms with van der Waals surface area (Å²) in [6, 6.07) is 34.5. The van der Waals surface area contributed by atoms with E-state index >= 15 is 0 Å². The van der Waals surface area contributed by atoms with E-state index in [2.05, 4.69) is 10.5 Å². The fourth-order valence-electron chi connectivity index (χ4n) is 3.90. The zero-order chi connectivity index (χ0) is 27.6. The lowest BCUT2D eigenvalue weighted by molar-refractivity contribution is -0.123. The minimum atomic E-state index is -0.385. The van der Waals surface area contributed by atoms with Crippen LogP contribution in [0.25, 0.3) is 16.9 Å². The molecule has 8 nitrogen and oxygen atoms in total. The van der Waals surface area contributed by atoms with Crippen LogP contribution in [0.4, 0.5) is 0 Å². The first-order chi connectivity index (χ1) is 19.7. The number of ether oxygens (including phenoxy) is 3. The summed E-state index contributed by atoms with van der Waals surface area (Å²) in [6.07, 6.45) is 3.45. The molecule has 1 aromatic heterocycles. The quantitative estimate of drug-likeness (QED) is 0.175. The number of carbonyl (C=O) groups excluding carboxylic acids is 1. The van der Waals surface area contributed by atoms with Crippen molar-refractivity contribution in [2.45, 2.75) is 6.61 Å². The molecule has 4 aromatic carbocycles. The number of para-hydroxylation sites is 1. The molecule has 0 bridgehead atoms. The molecule has 0 radical (unpaired) electrons. The van der Waals surface area contributed by atoms with Gasteiger partial charge in [-0.25, -0.2) is 10.1 Å². The van der Waals surface area contributed by atoms with E-state index in [-0.39, 0.29) is 12.5 Å². The van der Waals surface area contributed by atoms with E-state index in [4.69, 9.17) is 19.3 Å². The highest BCUT2D eigenvalue weighted by Crippen LogP contribution is 2.25. The number of rotatable bonds is 11. The van der Waals surface area contributed by atoms with Crippen molar-refractivity contribution in [3.05, 3.63) is 127 Å². The second kappa shape index (κ2) is 12.9. The van der Waals surface area contributed by atoms with Gasteiger partial charge in [0.2, 0.25) is 0 Å². The topological polar surface area (TPSA) is 87.0 Å². The number of hydrogen-bond acceptors (Lipinski definition) is 6. The normalized spacial score (nSPS) is 10.8. The molecule has 1 N–H and O–H groups in total. The van der Waals surface area contributed by atoms with Gasteiger partial charge in [0, 0.05) is 17.3 Å². The van der Waals surface area contributed by atoms with Gasteiger partial charge in [-0.05, 0) is 66.2 Å². The van der Waals surface area contributed by atoms with Crippen LogP contribution in [0.15, 0.2) is 120 Å². The molecule has 0 spiro atoms. The number of hydrazone groups is 1. The van der Waals surface area contributed by atoms with Crippen molar-refractivity contribution in [1.29, 1.82) is 0 Å². The Kier molecular flexibility index (Phi) is 8.48. The lowest BCUT2D eigenvalue weighted by atomic mass is 10.1. The van der Waals surface area contributed by atoms with Crippen molar-refractivity contribution in [2.24, 2.45) is 5.10 Å². The van der Waals surface area contributed by atoms with Crippen molar-refractivity contribution in [3.63, 3.8) is 0 Å². The van der Waals surface area contributed by atoms with Crippen LogP contribution in [0.2, 0.25) is 0 Å². The molecule has 0 fully saturated rings. The Balaban J connectivity index is 1.28. The number of aromatic nitrogens is 2. The lowest BCUT2D eigenvalue weighted by Gasteiger charge is -2.07. The highest BCUT2D eigenvalue weighted by Gasteiger charge is 2.12. The molecule has 40 heavy (non-hydrogen) atoms. The molecule has 0 aliphatic rings. The first-order valence-electron chi connectivity index (χ1n) is 12.7. The van der Waals surface area contributed by atoms with Gasteiger partial charge in [0.1, 0.15) is 29.5 Å². The average molecular weight is 533 g/mol. The Morgan fingerprint density at radius 1 is 0.825 bits per heavy atom. The Bertz CT molecular complexity index is 1550. The van der Waals surface area contributed by atoms with Crippen LogP contribution in [0.3, 0.4) is 0 Å². The van der Waals surface area contributed by atoms with Crippen LogP contribution in [0.1, 0.15) is 11.1 Å². The van der Waals surface area contributed by atoms with E-state index in [1.165, 1.54) is 0 Å². The summed E-state index contributed by atoms with van der Waals surface area (Å²) in [5.74, 6) is 1.64. The third-order valence-electron chi connectivity index (χ3n) is 5.96. The Morgan fingerprint density at radius 2 is 1.45 bits per heavy atom. The standard InChI is InChI=1S/C32H28N4O4/c1-38-28-16-18-30(19-17-28)40-23-31(37)34-33-20-26-21-36(27-10-6-3-7-11-27)35-32(26)25-12-14-29(15-13-25)39-22-24-8-4-2-5-9-24/h2-21H,22-23H2,1H3,(H,34,37)/b33-20+. The van der Waals surface area contributed by atoms with Crippen LogP contribution in [0, 0.1) is 0 Å².